The van der Waals surface area contributed by atoms with E-state index in [0.29, 0.717) is 19.1 Å². The highest BCUT2D eigenvalue weighted by Gasteiger charge is 2.22. The lowest BCUT2D eigenvalue weighted by Gasteiger charge is -2.18. The smallest absolute Gasteiger partial charge is 0.0700 e. The molecule has 0 amide bonds. The number of ether oxygens (including phenoxy) is 2. The molecule has 0 radical (unpaired) electrons. The van der Waals surface area contributed by atoms with Crippen LogP contribution in [-0.2, 0) is 9.47 Å². The fourth-order valence-corrected chi connectivity index (χ4v) is 2.18. The van der Waals surface area contributed by atoms with Crippen LogP contribution in [0.5, 0.6) is 0 Å². The van der Waals surface area contributed by atoms with Gasteiger partial charge in [0.1, 0.15) is 0 Å². The quantitative estimate of drug-likeness (QED) is 0.658. The molecule has 3 heteroatoms. The van der Waals surface area contributed by atoms with Crippen molar-refractivity contribution in [3.63, 3.8) is 0 Å². The minimum Gasteiger partial charge on any atom is -0.382 e. The van der Waals surface area contributed by atoms with Gasteiger partial charge in [-0.15, -0.1) is 0 Å². The monoisotopic (exact) mass is 263 g/mol. The number of hydrogen-bond donors (Lipinski definition) is 1. The molecule has 0 saturated heterocycles. The van der Waals surface area contributed by atoms with Crippen LogP contribution >= 0.6 is 0 Å². The van der Waals surface area contributed by atoms with Gasteiger partial charge in [-0.3, -0.25) is 0 Å². The summed E-state index contributed by atoms with van der Waals surface area (Å²) in [6, 6.07) is 11.5. The summed E-state index contributed by atoms with van der Waals surface area (Å²) in [4.78, 5) is 0. The highest BCUT2D eigenvalue weighted by atomic mass is 16.5. The Morgan fingerprint density at radius 3 is 2.63 bits per heavy atom. The molecule has 0 spiro atoms. The molecule has 1 aliphatic carbocycles. The lowest BCUT2D eigenvalue weighted by Crippen LogP contribution is -2.24. The van der Waals surface area contributed by atoms with E-state index in [0.717, 1.165) is 25.6 Å². The van der Waals surface area contributed by atoms with E-state index in [-0.39, 0.29) is 0 Å². The summed E-state index contributed by atoms with van der Waals surface area (Å²) < 4.78 is 10.6. The number of nitrogens with one attached hydrogen (secondary N) is 1. The Bertz CT molecular complexity index is 338. The van der Waals surface area contributed by atoms with Crippen LogP contribution in [0.15, 0.2) is 30.3 Å². The van der Waals surface area contributed by atoms with E-state index in [1.54, 1.807) is 7.11 Å². The summed E-state index contributed by atoms with van der Waals surface area (Å²) in [5, 5.41) is 3.63. The zero-order valence-electron chi connectivity index (χ0n) is 11.8. The van der Waals surface area contributed by atoms with Crippen molar-refractivity contribution in [1.82, 2.24) is 5.32 Å². The molecule has 0 heterocycles. The third kappa shape index (κ3) is 5.72. The van der Waals surface area contributed by atoms with Gasteiger partial charge in [0.05, 0.1) is 13.2 Å². The Labute approximate surface area is 116 Å². The van der Waals surface area contributed by atoms with E-state index >= 15 is 0 Å². The first kappa shape index (κ1) is 14.5. The Morgan fingerprint density at radius 1 is 1.16 bits per heavy atom. The molecule has 1 unspecified atom stereocenters. The summed E-state index contributed by atoms with van der Waals surface area (Å²) in [7, 11) is 1.70. The van der Waals surface area contributed by atoms with E-state index in [2.05, 4.69) is 35.6 Å². The van der Waals surface area contributed by atoms with Crippen LogP contribution in [0.4, 0.5) is 0 Å². The average molecular weight is 263 g/mol. The first-order valence-electron chi connectivity index (χ1n) is 7.25. The van der Waals surface area contributed by atoms with Gasteiger partial charge in [-0.05, 0) is 30.7 Å². The van der Waals surface area contributed by atoms with Crippen molar-refractivity contribution in [2.75, 3.05) is 33.5 Å². The molecule has 106 valence electrons. The van der Waals surface area contributed by atoms with Gasteiger partial charge < -0.3 is 14.8 Å². The molecule has 1 N–H and O–H groups in total. The van der Waals surface area contributed by atoms with Crippen molar-refractivity contribution in [3.05, 3.63) is 35.9 Å². The van der Waals surface area contributed by atoms with Crippen LogP contribution in [-0.4, -0.2) is 39.5 Å². The molecule has 3 nitrogen and oxygen atoms in total. The topological polar surface area (TPSA) is 30.5 Å². The highest BCUT2D eigenvalue weighted by molar-refractivity contribution is 5.20. The maximum absolute atomic E-state index is 5.60. The summed E-state index contributed by atoms with van der Waals surface area (Å²) >= 11 is 0. The third-order valence-electron chi connectivity index (χ3n) is 3.54. The van der Waals surface area contributed by atoms with Crippen LogP contribution in [0.1, 0.15) is 30.7 Å². The highest BCUT2D eigenvalue weighted by Crippen LogP contribution is 2.23. The summed E-state index contributed by atoms with van der Waals surface area (Å²) in [5.74, 6) is 0.546. The van der Waals surface area contributed by atoms with Gasteiger partial charge in [0, 0.05) is 26.3 Å². The fraction of sp³-hybridized carbons (Fsp3) is 0.625. The molecule has 1 saturated carbocycles. The fourth-order valence-electron chi connectivity index (χ4n) is 2.18. The SMILES string of the molecule is COCCOCCC(CNC1CC1)c1ccccc1. The Kier molecular flexibility index (Phi) is 6.34. The molecule has 1 aliphatic rings. The summed E-state index contributed by atoms with van der Waals surface area (Å²) in [5.41, 5.74) is 1.41. The van der Waals surface area contributed by atoms with Gasteiger partial charge in [-0.25, -0.2) is 0 Å². The molecule has 0 bridgehead atoms. The van der Waals surface area contributed by atoms with E-state index in [4.69, 9.17) is 9.47 Å². The second kappa shape index (κ2) is 8.31. The Morgan fingerprint density at radius 2 is 1.95 bits per heavy atom. The molecule has 2 rings (SSSR count). The summed E-state index contributed by atoms with van der Waals surface area (Å²) in [6.45, 7) is 3.22. The third-order valence-corrected chi connectivity index (χ3v) is 3.54. The predicted molar refractivity (Wildman–Crippen MR) is 77.5 cm³/mol. The van der Waals surface area contributed by atoms with Crippen LogP contribution in [0.3, 0.4) is 0 Å². The molecule has 1 aromatic carbocycles. The first-order valence-corrected chi connectivity index (χ1v) is 7.25. The van der Waals surface area contributed by atoms with Crippen LogP contribution < -0.4 is 5.32 Å². The lowest BCUT2D eigenvalue weighted by atomic mass is 9.96. The second-order valence-corrected chi connectivity index (χ2v) is 5.18. The largest absolute Gasteiger partial charge is 0.382 e. The van der Waals surface area contributed by atoms with Crippen LogP contribution in [0.25, 0.3) is 0 Å². The van der Waals surface area contributed by atoms with Crippen molar-refractivity contribution in [3.8, 4) is 0 Å². The minimum atomic E-state index is 0.546. The van der Waals surface area contributed by atoms with Gasteiger partial charge in [0.15, 0.2) is 0 Å². The van der Waals surface area contributed by atoms with Crippen LogP contribution in [0, 0.1) is 0 Å². The number of hydrogen-bond acceptors (Lipinski definition) is 3. The average Bonchev–Trinajstić information content (AvgIpc) is 3.27. The molecule has 1 aromatic rings. The normalized spacial score (nSPS) is 16.5. The first-order chi connectivity index (χ1) is 9.40. The van der Waals surface area contributed by atoms with Crippen molar-refractivity contribution in [2.45, 2.75) is 31.2 Å². The number of benzene rings is 1. The van der Waals surface area contributed by atoms with E-state index in [9.17, 15) is 0 Å². The van der Waals surface area contributed by atoms with Crippen LogP contribution in [0.2, 0.25) is 0 Å². The summed E-state index contributed by atoms with van der Waals surface area (Å²) in [6.07, 6.45) is 3.74. The number of rotatable bonds is 10. The molecule has 19 heavy (non-hydrogen) atoms. The zero-order chi connectivity index (χ0) is 13.3. The van der Waals surface area contributed by atoms with Crippen molar-refractivity contribution < 1.29 is 9.47 Å². The lowest BCUT2D eigenvalue weighted by molar-refractivity contribution is 0.0669. The van der Waals surface area contributed by atoms with E-state index < -0.39 is 0 Å². The molecular formula is C16H25NO2. The molecule has 0 aliphatic heterocycles. The number of methoxy groups -OCH3 is 1. The van der Waals surface area contributed by atoms with Gasteiger partial charge in [0.2, 0.25) is 0 Å². The van der Waals surface area contributed by atoms with Crippen molar-refractivity contribution >= 4 is 0 Å². The van der Waals surface area contributed by atoms with Crippen molar-refractivity contribution in [1.29, 1.82) is 0 Å². The molecule has 1 atom stereocenters. The van der Waals surface area contributed by atoms with Gasteiger partial charge in [0.25, 0.3) is 0 Å². The van der Waals surface area contributed by atoms with Gasteiger partial charge in [-0.2, -0.15) is 0 Å². The zero-order valence-corrected chi connectivity index (χ0v) is 11.8. The molecule has 0 aromatic heterocycles. The minimum absolute atomic E-state index is 0.546. The Balaban J connectivity index is 1.76. The maximum atomic E-state index is 5.60. The molecular weight excluding hydrogens is 238 g/mol. The molecule has 1 fully saturated rings. The van der Waals surface area contributed by atoms with Gasteiger partial charge >= 0.3 is 0 Å². The Hall–Kier alpha value is -0.900. The maximum Gasteiger partial charge on any atom is 0.0700 e. The standard InChI is InChI=1S/C16H25NO2/c1-18-11-12-19-10-9-15(13-17-16-7-8-16)14-5-3-2-4-6-14/h2-6,15-17H,7-13H2,1H3. The van der Waals surface area contributed by atoms with Crippen molar-refractivity contribution in [2.24, 2.45) is 0 Å². The van der Waals surface area contributed by atoms with E-state index in [1.165, 1.54) is 18.4 Å². The van der Waals surface area contributed by atoms with E-state index in [1.807, 2.05) is 0 Å². The predicted octanol–water partition coefficient (Wildman–Crippen LogP) is 2.58. The van der Waals surface area contributed by atoms with Gasteiger partial charge in [-0.1, -0.05) is 30.3 Å². The second-order valence-electron chi connectivity index (χ2n) is 5.18.